The smallest absolute Gasteiger partial charge is 0.166 e. The van der Waals surface area contributed by atoms with E-state index in [1.807, 2.05) is 25.1 Å². The highest BCUT2D eigenvalue weighted by Crippen LogP contribution is 2.34. The van der Waals surface area contributed by atoms with E-state index >= 15 is 0 Å². The van der Waals surface area contributed by atoms with Crippen molar-refractivity contribution >= 4 is 28.7 Å². The predicted molar refractivity (Wildman–Crippen MR) is 119 cm³/mol. The molecule has 0 atom stereocenters. The molecule has 2 aromatic carbocycles. The van der Waals surface area contributed by atoms with E-state index in [0.29, 0.717) is 23.2 Å². The molecule has 0 aliphatic rings. The molecule has 0 aliphatic carbocycles. The van der Waals surface area contributed by atoms with Crippen LogP contribution >= 0.6 is 23.6 Å². The van der Waals surface area contributed by atoms with E-state index in [9.17, 15) is 0 Å². The highest BCUT2D eigenvalue weighted by molar-refractivity contribution is 7.80. The van der Waals surface area contributed by atoms with Crippen molar-refractivity contribution in [1.82, 2.24) is 15.6 Å². The molecule has 7 heteroatoms. The van der Waals surface area contributed by atoms with Gasteiger partial charge in [0, 0.05) is 29.6 Å². The summed E-state index contributed by atoms with van der Waals surface area (Å²) in [5.41, 5.74) is 4.18. The van der Waals surface area contributed by atoms with Crippen molar-refractivity contribution in [3.8, 4) is 33.3 Å². The van der Waals surface area contributed by atoms with E-state index < -0.39 is 0 Å². The van der Waals surface area contributed by atoms with Crippen LogP contribution in [-0.4, -0.2) is 30.9 Å². The van der Waals surface area contributed by atoms with Gasteiger partial charge in [-0.25, -0.2) is 4.98 Å². The number of rotatable bonds is 7. The first-order valence-corrected chi connectivity index (χ1v) is 10.2. The summed E-state index contributed by atoms with van der Waals surface area (Å²) in [5, 5.41) is 9.98. The normalized spacial score (nSPS) is 10.4. The van der Waals surface area contributed by atoms with E-state index in [-0.39, 0.29) is 0 Å². The Bertz CT molecular complexity index is 939. The van der Waals surface area contributed by atoms with Crippen molar-refractivity contribution in [2.24, 2.45) is 0 Å². The van der Waals surface area contributed by atoms with Crippen molar-refractivity contribution in [3.63, 3.8) is 0 Å². The summed E-state index contributed by atoms with van der Waals surface area (Å²) < 4.78 is 10.7. The molecule has 2 N–H and O–H groups in total. The summed E-state index contributed by atoms with van der Waals surface area (Å²) in [7, 11) is 3.26. The van der Waals surface area contributed by atoms with E-state index in [1.165, 1.54) is 5.56 Å². The Labute approximate surface area is 174 Å². The molecule has 5 nitrogen and oxygen atoms in total. The average molecular weight is 414 g/mol. The summed E-state index contributed by atoms with van der Waals surface area (Å²) in [6.07, 6.45) is 0. The number of benzene rings is 2. The number of thiazole rings is 1. The van der Waals surface area contributed by atoms with Gasteiger partial charge in [0.25, 0.3) is 0 Å². The van der Waals surface area contributed by atoms with Crippen molar-refractivity contribution < 1.29 is 9.47 Å². The zero-order valence-corrected chi connectivity index (χ0v) is 17.7. The molecular formula is C21H23N3O2S2. The summed E-state index contributed by atoms with van der Waals surface area (Å²) in [6.45, 7) is 3.53. The van der Waals surface area contributed by atoms with E-state index in [0.717, 1.165) is 28.4 Å². The molecular weight excluding hydrogens is 390 g/mol. The summed E-state index contributed by atoms with van der Waals surface area (Å²) in [4.78, 5) is 4.79. The second-order valence-corrected chi connectivity index (χ2v) is 7.28. The van der Waals surface area contributed by atoms with Crippen LogP contribution in [0.4, 0.5) is 0 Å². The lowest BCUT2D eigenvalue weighted by atomic mass is 10.1. The number of nitrogens with zero attached hydrogens (tertiary/aromatic N) is 1. The molecule has 3 aromatic rings. The lowest BCUT2D eigenvalue weighted by Gasteiger charge is -2.09. The zero-order chi connectivity index (χ0) is 19.9. The number of nitrogens with one attached hydrogen (secondary N) is 2. The third-order valence-electron chi connectivity index (χ3n) is 4.17. The standard InChI is InChI=1S/C21H23N3O2S2/c1-4-22-21(27)23-12-14-5-7-15(8-6-14)20-24-17(13-28-20)16-9-10-18(25-2)19(11-16)26-3/h5-11,13H,4,12H2,1-3H3,(H2,22,23,27). The average Bonchev–Trinajstić information content (AvgIpc) is 3.22. The number of methoxy groups -OCH3 is 2. The number of aromatic nitrogens is 1. The Hall–Kier alpha value is -2.64. The maximum Gasteiger partial charge on any atom is 0.166 e. The minimum Gasteiger partial charge on any atom is -0.493 e. The molecule has 0 unspecified atom stereocenters. The Balaban J connectivity index is 1.72. The third-order valence-corrected chi connectivity index (χ3v) is 5.35. The topological polar surface area (TPSA) is 55.4 Å². The van der Waals surface area contributed by atoms with Gasteiger partial charge in [0.2, 0.25) is 0 Å². The van der Waals surface area contributed by atoms with Crippen LogP contribution in [0.1, 0.15) is 12.5 Å². The Kier molecular flexibility index (Phi) is 6.84. The van der Waals surface area contributed by atoms with Crippen LogP contribution in [-0.2, 0) is 6.54 Å². The van der Waals surface area contributed by atoms with Crippen LogP contribution in [0.15, 0.2) is 47.8 Å². The van der Waals surface area contributed by atoms with Crippen LogP contribution in [0.25, 0.3) is 21.8 Å². The molecule has 0 bridgehead atoms. The van der Waals surface area contributed by atoms with Gasteiger partial charge in [-0.1, -0.05) is 24.3 Å². The summed E-state index contributed by atoms with van der Waals surface area (Å²) >= 11 is 6.81. The van der Waals surface area contributed by atoms with Gasteiger partial charge in [0.1, 0.15) is 5.01 Å². The number of thiocarbonyl (C=S) groups is 1. The minimum absolute atomic E-state index is 0.672. The fraction of sp³-hybridized carbons (Fsp3) is 0.238. The second-order valence-electron chi connectivity index (χ2n) is 6.02. The third kappa shape index (κ3) is 4.79. The van der Waals surface area contributed by atoms with Gasteiger partial charge in [-0.2, -0.15) is 0 Å². The maximum absolute atomic E-state index is 5.39. The Morgan fingerprint density at radius 3 is 2.39 bits per heavy atom. The molecule has 0 saturated heterocycles. The number of hydrogen-bond acceptors (Lipinski definition) is 5. The van der Waals surface area contributed by atoms with Gasteiger partial charge in [-0.3, -0.25) is 0 Å². The maximum atomic E-state index is 5.39. The summed E-state index contributed by atoms with van der Waals surface area (Å²) in [5.74, 6) is 1.40. The highest BCUT2D eigenvalue weighted by Gasteiger charge is 2.10. The fourth-order valence-corrected chi connectivity index (χ4v) is 3.76. The monoisotopic (exact) mass is 413 g/mol. The minimum atomic E-state index is 0.672. The van der Waals surface area contributed by atoms with Crippen molar-refractivity contribution in [3.05, 3.63) is 53.4 Å². The van der Waals surface area contributed by atoms with E-state index in [4.69, 9.17) is 26.7 Å². The van der Waals surface area contributed by atoms with Gasteiger partial charge >= 0.3 is 0 Å². The van der Waals surface area contributed by atoms with Crippen LogP contribution in [0.3, 0.4) is 0 Å². The van der Waals surface area contributed by atoms with Crippen molar-refractivity contribution in [1.29, 1.82) is 0 Å². The largest absolute Gasteiger partial charge is 0.493 e. The van der Waals surface area contributed by atoms with E-state index in [1.54, 1.807) is 25.6 Å². The fourth-order valence-electron chi connectivity index (χ4n) is 2.71. The summed E-state index contributed by atoms with van der Waals surface area (Å²) in [6, 6.07) is 14.2. The first-order valence-electron chi connectivity index (χ1n) is 8.93. The lowest BCUT2D eigenvalue weighted by molar-refractivity contribution is 0.355. The van der Waals surface area contributed by atoms with Gasteiger partial charge in [-0.05, 0) is 42.9 Å². The predicted octanol–water partition coefficient (Wildman–Crippen LogP) is 4.48. The Morgan fingerprint density at radius 1 is 1.00 bits per heavy atom. The van der Waals surface area contributed by atoms with Crippen LogP contribution in [0.5, 0.6) is 11.5 Å². The molecule has 28 heavy (non-hydrogen) atoms. The Morgan fingerprint density at radius 2 is 1.71 bits per heavy atom. The molecule has 146 valence electrons. The van der Waals surface area contributed by atoms with Gasteiger partial charge < -0.3 is 20.1 Å². The molecule has 0 spiro atoms. The van der Waals surface area contributed by atoms with Gasteiger partial charge in [-0.15, -0.1) is 11.3 Å². The van der Waals surface area contributed by atoms with Crippen molar-refractivity contribution in [2.45, 2.75) is 13.5 Å². The van der Waals surface area contributed by atoms with Gasteiger partial charge in [0.05, 0.1) is 19.9 Å². The van der Waals surface area contributed by atoms with Crippen LogP contribution in [0, 0.1) is 0 Å². The van der Waals surface area contributed by atoms with Crippen LogP contribution < -0.4 is 20.1 Å². The number of ether oxygens (including phenoxy) is 2. The SMILES string of the molecule is CCNC(=S)NCc1ccc(-c2nc(-c3ccc(OC)c(OC)c3)cs2)cc1. The first kappa shape index (κ1) is 20.1. The van der Waals surface area contributed by atoms with Crippen LogP contribution in [0.2, 0.25) is 0 Å². The molecule has 1 aromatic heterocycles. The number of hydrogen-bond donors (Lipinski definition) is 2. The molecule has 1 heterocycles. The van der Waals surface area contributed by atoms with Crippen molar-refractivity contribution in [2.75, 3.05) is 20.8 Å². The molecule has 3 rings (SSSR count). The highest BCUT2D eigenvalue weighted by atomic mass is 32.1. The molecule has 0 radical (unpaired) electrons. The quantitative estimate of drug-likeness (QED) is 0.557. The molecule has 0 aliphatic heterocycles. The van der Waals surface area contributed by atoms with Gasteiger partial charge in [0.15, 0.2) is 16.6 Å². The molecule has 0 fully saturated rings. The second kappa shape index (κ2) is 9.52. The zero-order valence-electron chi connectivity index (χ0n) is 16.1. The molecule has 0 amide bonds. The lowest BCUT2D eigenvalue weighted by Crippen LogP contribution is -2.34. The molecule has 0 saturated carbocycles. The van der Waals surface area contributed by atoms with E-state index in [2.05, 4.69) is 40.3 Å². The first-order chi connectivity index (χ1) is 13.6.